The largest absolute Gasteiger partial charge is 0.497 e. The van der Waals surface area contributed by atoms with Crippen LogP contribution >= 0.6 is 0 Å². The summed E-state index contributed by atoms with van der Waals surface area (Å²) in [7, 11) is 1.59. The van der Waals surface area contributed by atoms with Gasteiger partial charge in [0.05, 0.1) is 12.8 Å². The minimum atomic E-state index is -0.434. The Balaban J connectivity index is 1.52. The summed E-state index contributed by atoms with van der Waals surface area (Å²) in [6.07, 6.45) is 1.63. The summed E-state index contributed by atoms with van der Waals surface area (Å²) in [6.45, 7) is 4.00. The average Bonchev–Trinajstić information content (AvgIpc) is 3.26. The van der Waals surface area contributed by atoms with Crippen LogP contribution < -0.4 is 19.7 Å². The van der Waals surface area contributed by atoms with Gasteiger partial charge in [0.1, 0.15) is 11.5 Å². The Kier molecular flexibility index (Phi) is 5.21. The highest BCUT2D eigenvalue weighted by molar-refractivity contribution is 6.04. The Morgan fingerprint density at radius 3 is 2.80 bits per heavy atom. The number of hydrogen-bond acceptors (Lipinski definition) is 6. The molecule has 0 unspecified atom stereocenters. The van der Waals surface area contributed by atoms with Crippen molar-refractivity contribution in [2.45, 2.75) is 0 Å². The molecule has 4 rings (SSSR count). The molecular formula is C22H19N3O5. The molecule has 8 heteroatoms. The van der Waals surface area contributed by atoms with E-state index in [9.17, 15) is 9.59 Å². The third kappa shape index (κ3) is 3.75. The third-order valence-electron chi connectivity index (χ3n) is 4.59. The van der Waals surface area contributed by atoms with Crippen LogP contribution in [0.15, 0.2) is 65.7 Å². The van der Waals surface area contributed by atoms with Gasteiger partial charge in [0.15, 0.2) is 18.1 Å². The van der Waals surface area contributed by atoms with Gasteiger partial charge in [-0.3, -0.25) is 9.59 Å². The van der Waals surface area contributed by atoms with Gasteiger partial charge in [-0.05, 0) is 42.5 Å². The van der Waals surface area contributed by atoms with Crippen molar-refractivity contribution in [3.05, 3.63) is 66.9 Å². The van der Waals surface area contributed by atoms with Crippen molar-refractivity contribution >= 4 is 23.2 Å². The maximum absolute atomic E-state index is 12.6. The number of benzene rings is 2. The van der Waals surface area contributed by atoms with Crippen LogP contribution in [0.1, 0.15) is 10.5 Å². The van der Waals surface area contributed by atoms with E-state index in [1.54, 1.807) is 54.5 Å². The second kappa shape index (κ2) is 8.12. The summed E-state index contributed by atoms with van der Waals surface area (Å²) in [5.41, 5.74) is 1.98. The Labute approximate surface area is 172 Å². The maximum atomic E-state index is 12.6. The average molecular weight is 405 g/mol. The van der Waals surface area contributed by atoms with Gasteiger partial charge >= 0.3 is 0 Å². The normalized spacial score (nSPS) is 12.7. The quantitative estimate of drug-likeness (QED) is 0.631. The summed E-state index contributed by atoms with van der Waals surface area (Å²) >= 11 is 0. The number of anilines is 2. The summed E-state index contributed by atoms with van der Waals surface area (Å²) in [6, 6.07) is 13.9. The van der Waals surface area contributed by atoms with Crippen LogP contribution in [0.2, 0.25) is 0 Å². The van der Waals surface area contributed by atoms with Crippen molar-refractivity contribution in [1.82, 2.24) is 5.16 Å². The molecule has 3 aromatic rings. The number of nitrogens with zero attached hydrogens (tertiary/aromatic N) is 2. The molecule has 0 spiro atoms. The van der Waals surface area contributed by atoms with Crippen LogP contribution in [0, 0.1) is 0 Å². The van der Waals surface area contributed by atoms with Gasteiger partial charge in [-0.1, -0.05) is 11.2 Å². The lowest BCUT2D eigenvalue weighted by Gasteiger charge is -2.28. The van der Waals surface area contributed by atoms with E-state index in [2.05, 4.69) is 17.1 Å². The first kappa shape index (κ1) is 19.3. The summed E-state index contributed by atoms with van der Waals surface area (Å²) in [4.78, 5) is 26.3. The second-order valence-electron chi connectivity index (χ2n) is 6.52. The van der Waals surface area contributed by atoms with Crippen LogP contribution in [0.3, 0.4) is 0 Å². The molecule has 0 fully saturated rings. The molecule has 0 saturated heterocycles. The van der Waals surface area contributed by atoms with E-state index in [1.165, 1.54) is 0 Å². The number of ether oxygens (including phenoxy) is 2. The molecule has 2 aromatic carbocycles. The van der Waals surface area contributed by atoms with Crippen LogP contribution in [0.25, 0.3) is 11.3 Å². The maximum Gasteiger partial charge on any atom is 0.277 e. The highest BCUT2D eigenvalue weighted by Gasteiger charge is 2.25. The van der Waals surface area contributed by atoms with Gasteiger partial charge in [-0.25, -0.2) is 0 Å². The van der Waals surface area contributed by atoms with Crippen LogP contribution in [0.4, 0.5) is 11.4 Å². The standard InChI is InChI=1S/C22H19N3O5/c1-3-10-25-18-11-15(6-9-19(18)29-13-21(25)26)23-22(27)17-12-20(30-24-17)14-4-7-16(28-2)8-5-14/h3-9,11-12H,1,10,13H2,2H3,(H,23,27). The summed E-state index contributed by atoms with van der Waals surface area (Å²) in [5.74, 6) is 1.14. The van der Waals surface area contributed by atoms with E-state index in [4.69, 9.17) is 14.0 Å². The number of methoxy groups -OCH3 is 1. The number of hydrogen-bond donors (Lipinski definition) is 1. The van der Waals surface area contributed by atoms with Crippen molar-refractivity contribution in [2.24, 2.45) is 0 Å². The van der Waals surface area contributed by atoms with Crippen molar-refractivity contribution in [3.63, 3.8) is 0 Å². The first-order valence-corrected chi connectivity index (χ1v) is 9.19. The number of nitrogens with one attached hydrogen (secondary N) is 1. The molecular weight excluding hydrogens is 386 g/mol. The van der Waals surface area contributed by atoms with Crippen molar-refractivity contribution in [1.29, 1.82) is 0 Å². The molecule has 2 heterocycles. The summed E-state index contributed by atoms with van der Waals surface area (Å²) < 4.78 is 15.9. The predicted octanol–water partition coefficient (Wildman–Crippen LogP) is 3.51. The fraction of sp³-hybridized carbons (Fsp3) is 0.136. The third-order valence-corrected chi connectivity index (χ3v) is 4.59. The van der Waals surface area contributed by atoms with Gasteiger partial charge < -0.3 is 24.2 Å². The van der Waals surface area contributed by atoms with Crippen molar-refractivity contribution in [2.75, 3.05) is 30.5 Å². The molecule has 0 bridgehead atoms. The number of carbonyl (C=O) groups excluding carboxylic acids is 2. The molecule has 0 saturated carbocycles. The Hall–Kier alpha value is -4.07. The molecule has 8 nitrogen and oxygen atoms in total. The fourth-order valence-corrected chi connectivity index (χ4v) is 3.08. The Bertz CT molecular complexity index is 1100. The topological polar surface area (TPSA) is 93.9 Å². The zero-order valence-electron chi connectivity index (χ0n) is 16.3. The SMILES string of the molecule is C=CCN1C(=O)COc2ccc(NC(=O)c3cc(-c4ccc(OC)cc4)on3)cc21. The molecule has 152 valence electrons. The lowest BCUT2D eigenvalue weighted by atomic mass is 10.1. The monoisotopic (exact) mass is 405 g/mol. The zero-order chi connectivity index (χ0) is 21.1. The van der Waals surface area contributed by atoms with Gasteiger partial charge in [0.25, 0.3) is 11.8 Å². The molecule has 1 aromatic heterocycles. The smallest absolute Gasteiger partial charge is 0.277 e. The van der Waals surface area contributed by atoms with E-state index in [-0.39, 0.29) is 18.2 Å². The van der Waals surface area contributed by atoms with Crippen molar-refractivity contribution in [3.8, 4) is 22.8 Å². The Morgan fingerprint density at radius 2 is 2.07 bits per heavy atom. The van der Waals surface area contributed by atoms with Gasteiger partial charge in [-0.15, -0.1) is 6.58 Å². The second-order valence-corrected chi connectivity index (χ2v) is 6.52. The number of carbonyl (C=O) groups is 2. The number of rotatable bonds is 6. The molecule has 30 heavy (non-hydrogen) atoms. The van der Waals surface area contributed by atoms with Crippen molar-refractivity contribution < 1.29 is 23.6 Å². The van der Waals surface area contributed by atoms with E-state index < -0.39 is 5.91 Å². The molecule has 0 aliphatic carbocycles. The molecule has 1 aliphatic heterocycles. The van der Waals surface area contributed by atoms with Crippen LogP contribution in [-0.2, 0) is 4.79 Å². The number of amides is 2. The van der Waals surface area contributed by atoms with E-state index in [0.717, 1.165) is 11.3 Å². The molecule has 2 amide bonds. The van der Waals surface area contributed by atoms with E-state index in [0.29, 0.717) is 29.4 Å². The van der Waals surface area contributed by atoms with Gasteiger partial charge in [0.2, 0.25) is 0 Å². The van der Waals surface area contributed by atoms with Gasteiger partial charge in [0, 0.05) is 23.9 Å². The predicted molar refractivity (Wildman–Crippen MR) is 111 cm³/mol. The first-order chi connectivity index (χ1) is 14.6. The highest BCUT2D eigenvalue weighted by Crippen LogP contribution is 2.34. The van der Waals surface area contributed by atoms with Crippen LogP contribution in [-0.4, -0.2) is 37.2 Å². The molecule has 1 N–H and O–H groups in total. The Morgan fingerprint density at radius 1 is 1.27 bits per heavy atom. The molecule has 1 aliphatic rings. The number of fused-ring (bicyclic) bond motifs is 1. The highest BCUT2D eigenvalue weighted by atomic mass is 16.5. The lowest BCUT2D eigenvalue weighted by Crippen LogP contribution is -2.38. The van der Waals surface area contributed by atoms with Gasteiger partial charge in [-0.2, -0.15) is 0 Å². The molecule has 0 atom stereocenters. The summed E-state index contributed by atoms with van der Waals surface area (Å²) in [5, 5.41) is 6.62. The van der Waals surface area contributed by atoms with Crippen LogP contribution in [0.5, 0.6) is 11.5 Å². The molecule has 0 radical (unpaired) electrons. The number of aromatic nitrogens is 1. The van der Waals surface area contributed by atoms with E-state index in [1.807, 2.05) is 12.1 Å². The lowest BCUT2D eigenvalue weighted by molar-refractivity contribution is -0.121. The zero-order valence-corrected chi connectivity index (χ0v) is 16.3. The van der Waals surface area contributed by atoms with E-state index >= 15 is 0 Å². The minimum Gasteiger partial charge on any atom is -0.497 e. The fourth-order valence-electron chi connectivity index (χ4n) is 3.08. The minimum absolute atomic E-state index is 0.0282. The first-order valence-electron chi connectivity index (χ1n) is 9.19.